The quantitative estimate of drug-likeness (QED) is 0.593. The second-order valence-electron chi connectivity index (χ2n) is 3.70. The van der Waals surface area contributed by atoms with Crippen molar-refractivity contribution < 1.29 is 19.1 Å². The fourth-order valence-corrected chi connectivity index (χ4v) is 1.45. The summed E-state index contributed by atoms with van der Waals surface area (Å²) in [6.07, 6.45) is 3.60. The number of carbonyl (C=O) groups is 2. The van der Waals surface area contributed by atoms with E-state index in [1.54, 1.807) is 37.5 Å². The average molecular weight is 248 g/mol. The standard InChI is InChI=1S/C14H16O4/c1-10(15)11-7-8-13(17-2)12(9-11)5-4-6-14(16)18-3/h4-5,7-9H,6H2,1-3H3. The Morgan fingerprint density at radius 1 is 1.28 bits per heavy atom. The topological polar surface area (TPSA) is 52.6 Å². The molecule has 0 N–H and O–H groups in total. The largest absolute Gasteiger partial charge is 0.496 e. The SMILES string of the molecule is COC(=O)CC=Cc1cc(C(C)=O)ccc1OC. The molecule has 1 aromatic rings. The summed E-state index contributed by atoms with van der Waals surface area (Å²) in [6.45, 7) is 1.50. The normalized spacial score (nSPS) is 10.4. The summed E-state index contributed by atoms with van der Waals surface area (Å²) in [5, 5.41) is 0. The molecule has 96 valence electrons. The van der Waals surface area contributed by atoms with Gasteiger partial charge in [0.05, 0.1) is 20.6 Å². The van der Waals surface area contributed by atoms with Crippen LogP contribution in [0.15, 0.2) is 24.3 Å². The number of methoxy groups -OCH3 is 2. The van der Waals surface area contributed by atoms with Gasteiger partial charge in [0.25, 0.3) is 0 Å². The molecule has 0 heterocycles. The molecule has 0 unspecified atom stereocenters. The summed E-state index contributed by atoms with van der Waals surface area (Å²) in [5.41, 5.74) is 1.36. The molecule has 4 heteroatoms. The summed E-state index contributed by atoms with van der Waals surface area (Å²) in [4.78, 5) is 22.3. The Hall–Kier alpha value is -2.10. The Kier molecular flexibility index (Phi) is 5.11. The highest BCUT2D eigenvalue weighted by molar-refractivity contribution is 5.95. The number of rotatable bonds is 5. The maximum absolute atomic E-state index is 11.3. The van der Waals surface area contributed by atoms with Gasteiger partial charge in [-0.05, 0) is 25.1 Å². The van der Waals surface area contributed by atoms with Crippen molar-refractivity contribution in [3.63, 3.8) is 0 Å². The zero-order valence-corrected chi connectivity index (χ0v) is 10.7. The minimum atomic E-state index is -0.312. The van der Waals surface area contributed by atoms with Crippen LogP contribution >= 0.6 is 0 Å². The van der Waals surface area contributed by atoms with Crippen molar-refractivity contribution >= 4 is 17.8 Å². The smallest absolute Gasteiger partial charge is 0.309 e. The average Bonchev–Trinajstić information content (AvgIpc) is 2.38. The molecule has 0 saturated heterocycles. The van der Waals surface area contributed by atoms with Gasteiger partial charge in [-0.25, -0.2) is 0 Å². The summed E-state index contributed by atoms with van der Waals surface area (Å²) in [6, 6.07) is 5.17. The number of hydrogen-bond donors (Lipinski definition) is 0. The van der Waals surface area contributed by atoms with E-state index >= 15 is 0 Å². The fourth-order valence-electron chi connectivity index (χ4n) is 1.45. The first-order chi connectivity index (χ1) is 8.58. The molecule has 0 saturated carbocycles. The first-order valence-electron chi connectivity index (χ1n) is 5.50. The molecule has 18 heavy (non-hydrogen) atoms. The predicted molar refractivity (Wildman–Crippen MR) is 68.7 cm³/mol. The van der Waals surface area contributed by atoms with Crippen LogP contribution < -0.4 is 4.74 Å². The summed E-state index contributed by atoms with van der Waals surface area (Å²) in [7, 11) is 2.90. The van der Waals surface area contributed by atoms with Gasteiger partial charge in [-0.15, -0.1) is 0 Å². The highest BCUT2D eigenvalue weighted by Crippen LogP contribution is 2.21. The number of ketones is 1. The third kappa shape index (κ3) is 3.73. The molecule has 0 aliphatic rings. The number of esters is 1. The van der Waals surface area contributed by atoms with Crippen molar-refractivity contribution in [2.24, 2.45) is 0 Å². The zero-order chi connectivity index (χ0) is 13.5. The van der Waals surface area contributed by atoms with Crippen LogP contribution in [-0.4, -0.2) is 26.0 Å². The van der Waals surface area contributed by atoms with E-state index in [1.165, 1.54) is 14.0 Å². The van der Waals surface area contributed by atoms with Crippen molar-refractivity contribution in [2.75, 3.05) is 14.2 Å². The van der Waals surface area contributed by atoms with Gasteiger partial charge in [0.2, 0.25) is 0 Å². The second kappa shape index (κ2) is 6.59. The van der Waals surface area contributed by atoms with Crippen molar-refractivity contribution in [3.05, 3.63) is 35.4 Å². The number of ether oxygens (including phenoxy) is 2. The fraction of sp³-hybridized carbons (Fsp3) is 0.286. The zero-order valence-electron chi connectivity index (χ0n) is 10.7. The molecule has 0 aromatic heterocycles. The number of carbonyl (C=O) groups excluding carboxylic acids is 2. The molecular weight excluding hydrogens is 232 g/mol. The molecule has 0 aliphatic heterocycles. The summed E-state index contributed by atoms with van der Waals surface area (Å²) < 4.78 is 9.72. The number of hydrogen-bond acceptors (Lipinski definition) is 4. The van der Waals surface area contributed by atoms with Gasteiger partial charge in [0.1, 0.15) is 5.75 Å². The van der Waals surface area contributed by atoms with E-state index in [9.17, 15) is 9.59 Å². The molecule has 0 radical (unpaired) electrons. The lowest BCUT2D eigenvalue weighted by atomic mass is 10.1. The molecule has 1 rings (SSSR count). The monoisotopic (exact) mass is 248 g/mol. The highest BCUT2D eigenvalue weighted by atomic mass is 16.5. The maximum atomic E-state index is 11.3. The minimum Gasteiger partial charge on any atom is -0.496 e. The van der Waals surface area contributed by atoms with Crippen LogP contribution in [0.5, 0.6) is 5.75 Å². The van der Waals surface area contributed by atoms with E-state index in [-0.39, 0.29) is 18.2 Å². The molecule has 0 bridgehead atoms. The van der Waals surface area contributed by atoms with Gasteiger partial charge in [-0.2, -0.15) is 0 Å². The predicted octanol–water partition coefficient (Wildman–Crippen LogP) is 2.47. The lowest BCUT2D eigenvalue weighted by molar-refractivity contribution is -0.139. The van der Waals surface area contributed by atoms with Gasteiger partial charge in [0.15, 0.2) is 5.78 Å². The first kappa shape index (κ1) is 14.0. The molecule has 0 atom stereocenters. The van der Waals surface area contributed by atoms with Crippen LogP contribution in [0.2, 0.25) is 0 Å². The lowest BCUT2D eigenvalue weighted by Gasteiger charge is -2.06. The number of benzene rings is 1. The first-order valence-corrected chi connectivity index (χ1v) is 5.50. The lowest BCUT2D eigenvalue weighted by Crippen LogP contribution is -1.97. The van der Waals surface area contributed by atoms with Crippen LogP contribution in [0.25, 0.3) is 6.08 Å². The second-order valence-corrected chi connectivity index (χ2v) is 3.70. The Bertz CT molecular complexity index is 475. The minimum absolute atomic E-state index is 0.0136. The Morgan fingerprint density at radius 2 is 2.00 bits per heavy atom. The van der Waals surface area contributed by atoms with Crippen molar-refractivity contribution in [3.8, 4) is 5.75 Å². The van der Waals surface area contributed by atoms with E-state index in [0.29, 0.717) is 11.3 Å². The van der Waals surface area contributed by atoms with Crippen molar-refractivity contribution in [1.82, 2.24) is 0 Å². The number of Topliss-reactive ketones (excluding diaryl/α,β-unsaturated/α-hetero) is 1. The Labute approximate surface area is 106 Å². The van der Waals surface area contributed by atoms with E-state index in [1.807, 2.05) is 0 Å². The van der Waals surface area contributed by atoms with E-state index in [0.717, 1.165) is 5.56 Å². The summed E-state index contributed by atoms with van der Waals surface area (Å²) >= 11 is 0. The van der Waals surface area contributed by atoms with E-state index in [2.05, 4.69) is 4.74 Å². The van der Waals surface area contributed by atoms with Gasteiger partial charge in [0, 0.05) is 11.1 Å². The molecule has 0 fully saturated rings. The van der Waals surface area contributed by atoms with Crippen LogP contribution in [0.4, 0.5) is 0 Å². The van der Waals surface area contributed by atoms with Gasteiger partial charge < -0.3 is 9.47 Å². The van der Waals surface area contributed by atoms with Crippen LogP contribution in [0.3, 0.4) is 0 Å². The van der Waals surface area contributed by atoms with Crippen molar-refractivity contribution in [1.29, 1.82) is 0 Å². The van der Waals surface area contributed by atoms with Crippen molar-refractivity contribution in [2.45, 2.75) is 13.3 Å². The highest BCUT2D eigenvalue weighted by Gasteiger charge is 2.05. The maximum Gasteiger partial charge on any atom is 0.309 e. The Morgan fingerprint density at radius 3 is 2.56 bits per heavy atom. The van der Waals surface area contributed by atoms with E-state index < -0.39 is 0 Å². The third-order valence-electron chi connectivity index (χ3n) is 2.45. The van der Waals surface area contributed by atoms with Crippen LogP contribution in [-0.2, 0) is 9.53 Å². The molecule has 0 amide bonds. The molecular formula is C14H16O4. The van der Waals surface area contributed by atoms with Gasteiger partial charge >= 0.3 is 5.97 Å². The molecule has 0 spiro atoms. The van der Waals surface area contributed by atoms with Gasteiger partial charge in [-0.3, -0.25) is 9.59 Å². The third-order valence-corrected chi connectivity index (χ3v) is 2.45. The molecule has 1 aromatic carbocycles. The molecule has 4 nitrogen and oxygen atoms in total. The van der Waals surface area contributed by atoms with Crippen LogP contribution in [0, 0.1) is 0 Å². The molecule has 0 aliphatic carbocycles. The summed E-state index contributed by atoms with van der Waals surface area (Å²) in [5.74, 6) is 0.328. The van der Waals surface area contributed by atoms with E-state index in [4.69, 9.17) is 4.74 Å². The van der Waals surface area contributed by atoms with Crippen LogP contribution in [0.1, 0.15) is 29.3 Å². The van der Waals surface area contributed by atoms with Gasteiger partial charge in [-0.1, -0.05) is 12.2 Å². The Balaban J connectivity index is 2.94.